The molecule has 0 fully saturated rings. The summed E-state index contributed by atoms with van der Waals surface area (Å²) in [5.74, 6) is 0. The molecule has 0 amide bonds. The summed E-state index contributed by atoms with van der Waals surface area (Å²) in [7, 11) is -2.84. The minimum absolute atomic E-state index is 0.847. The van der Waals surface area contributed by atoms with Crippen molar-refractivity contribution in [1.82, 2.24) is 0 Å². The summed E-state index contributed by atoms with van der Waals surface area (Å²) in [6, 6.07) is 22.7. The highest BCUT2D eigenvalue weighted by molar-refractivity contribution is 7.85. The summed E-state index contributed by atoms with van der Waals surface area (Å²) in [6.07, 6.45) is 0.847. The first-order valence-electron chi connectivity index (χ1n) is 7.95. The fourth-order valence-corrected chi connectivity index (χ4v) is 7.02. The summed E-state index contributed by atoms with van der Waals surface area (Å²) in [4.78, 5) is 0. The zero-order valence-electron chi connectivity index (χ0n) is 13.4. The Balaban J connectivity index is 2.16. The van der Waals surface area contributed by atoms with Crippen molar-refractivity contribution < 1.29 is 4.57 Å². The molecule has 1 heterocycles. The lowest BCUT2D eigenvalue weighted by molar-refractivity contribution is 0.592. The Morgan fingerprint density at radius 1 is 0.739 bits per heavy atom. The molecule has 4 rings (SSSR count). The van der Waals surface area contributed by atoms with Gasteiger partial charge in [0.05, 0.1) is 0 Å². The van der Waals surface area contributed by atoms with Crippen LogP contribution in [0.5, 0.6) is 0 Å². The van der Waals surface area contributed by atoms with Gasteiger partial charge in [0.25, 0.3) is 0 Å². The molecule has 23 heavy (non-hydrogen) atoms. The molecule has 3 aromatic rings. The predicted octanol–water partition coefficient (Wildman–Crippen LogP) is 3.85. The van der Waals surface area contributed by atoms with Gasteiger partial charge < -0.3 is 4.57 Å². The molecule has 0 aromatic heterocycles. The molecule has 2 bridgehead atoms. The molecule has 0 saturated heterocycles. The maximum absolute atomic E-state index is 14.5. The highest BCUT2D eigenvalue weighted by Gasteiger charge is 2.35. The molecule has 0 aliphatic carbocycles. The van der Waals surface area contributed by atoms with Gasteiger partial charge in [-0.3, -0.25) is 0 Å². The second-order valence-corrected chi connectivity index (χ2v) is 8.99. The summed E-state index contributed by atoms with van der Waals surface area (Å²) in [5, 5.41) is 2.96. The summed E-state index contributed by atoms with van der Waals surface area (Å²) < 4.78 is 14.5. The molecule has 3 aromatic carbocycles. The van der Waals surface area contributed by atoms with Crippen molar-refractivity contribution in [3.8, 4) is 0 Å². The smallest absolute Gasteiger partial charge is 0.171 e. The Morgan fingerprint density at radius 3 is 2.17 bits per heavy atom. The first kappa shape index (κ1) is 14.5. The average Bonchev–Trinajstić information content (AvgIpc) is 2.66. The van der Waals surface area contributed by atoms with E-state index < -0.39 is 7.14 Å². The molecule has 0 spiro atoms. The fourth-order valence-electron chi connectivity index (χ4n) is 3.60. The van der Waals surface area contributed by atoms with Crippen LogP contribution in [0.2, 0.25) is 0 Å². The van der Waals surface area contributed by atoms with E-state index >= 15 is 0 Å². The van der Waals surface area contributed by atoms with Gasteiger partial charge in [0, 0.05) is 15.9 Å². The van der Waals surface area contributed by atoms with Crippen molar-refractivity contribution in [1.29, 1.82) is 0 Å². The van der Waals surface area contributed by atoms with Crippen LogP contribution in [-0.2, 0) is 11.0 Å². The summed E-state index contributed by atoms with van der Waals surface area (Å²) >= 11 is 0. The number of benzene rings is 3. The maximum Gasteiger partial charge on any atom is 0.171 e. The van der Waals surface area contributed by atoms with Crippen molar-refractivity contribution >= 4 is 23.1 Å². The van der Waals surface area contributed by atoms with Crippen LogP contribution in [0.25, 0.3) is 0 Å². The first-order valence-corrected chi connectivity index (χ1v) is 9.66. The molecule has 2 heteroatoms. The van der Waals surface area contributed by atoms with E-state index in [0.717, 1.165) is 33.5 Å². The van der Waals surface area contributed by atoms with Gasteiger partial charge in [-0.2, -0.15) is 0 Å². The van der Waals surface area contributed by atoms with Gasteiger partial charge in [-0.1, -0.05) is 60.7 Å². The third kappa shape index (κ3) is 2.11. The van der Waals surface area contributed by atoms with E-state index in [0.29, 0.717) is 0 Å². The van der Waals surface area contributed by atoms with Crippen LogP contribution >= 0.6 is 7.14 Å². The van der Waals surface area contributed by atoms with Crippen LogP contribution < -0.4 is 15.9 Å². The number of aryl methyl sites for hydroxylation is 2. The molecular formula is C21H19OP. The van der Waals surface area contributed by atoms with Crippen molar-refractivity contribution in [2.75, 3.05) is 0 Å². The Hall–Kier alpha value is -2.11. The van der Waals surface area contributed by atoms with E-state index in [1.165, 1.54) is 11.1 Å². The summed E-state index contributed by atoms with van der Waals surface area (Å²) in [5.41, 5.74) is 4.62. The first-order chi connectivity index (χ1) is 11.1. The lowest BCUT2D eigenvalue weighted by Gasteiger charge is -2.23. The maximum atomic E-state index is 14.5. The molecule has 0 saturated carbocycles. The van der Waals surface area contributed by atoms with E-state index in [9.17, 15) is 4.57 Å². The molecule has 1 unspecified atom stereocenters. The Kier molecular flexibility index (Phi) is 3.28. The van der Waals surface area contributed by atoms with Crippen LogP contribution in [0.4, 0.5) is 0 Å². The van der Waals surface area contributed by atoms with E-state index in [1.54, 1.807) is 0 Å². The second-order valence-electron chi connectivity index (χ2n) is 6.32. The molecule has 1 atom stereocenters. The van der Waals surface area contributed by atoms with E-state index in [1.807, 2.05) is 30.3 Å². The number of hydrogen-bond acceptors (Lipinski definition) is 1. The third-order valence-electron chi connectivity index (χ3n) is 4.79. The van der Waals surface area contributed by atoms with Gasteiger partial charge in [0.15, 0.2) is 7.14 Å². The molecule has 1 nitrogen and oxygen atoms in total. The standard InChI is InChI=1S/C21H19OP/c1-15-7-3-5-9-19(15)23(22)20-10-6-4-8-18(20)13-17-12-11-16(2)21(23)14-17/h3-12,14H,13H2,1-2H3. The third-order valence-corrected chi connectivity index (χ3v) is 8.25. The number of fused-ring (bicyclic) bond motifs is 3. The SMILES string of the molecule is Cc1ccccc1P1(=O)c2cc(ccc2C)Cc2ccccc21. The Bertz CT molecular complexity index is 956. The van der Waals surface area contributed by atoms with Crippen molar-refractivity contribution in [2.45, 2.75) is 20.3 Å². The molecule has 114 valence electrons. The topological polar surface area (TPSA) is 17.1 Å². The van der Waals surface area contributed by atoms with Gasteiger partial charge in [0.1, 0.15) is 0 Å². The lowest BCUT2D eigenvalue weighted by Crippen LogP contribution is -2.28. The molecular weight excluding hydrogens is 299 g/mol. The zero-order chi connectivity index (χ0) is 16.0. The number of hydrogen-bond donors (Lipinski definition) is 0. The van der Waals surface area contributed by atoms with E-state index in [4.69, 9.17) is 0 Å². The quantitative estimate of drug-likeness (QED) is 0.487. The lowest BCUT2D eigenvalue weighted by atomic mass is 10.0. The van der Waals surface area contributed by atoms with Gasteiger partial charge in [0.2, 0.25) is 0 Å². The average molecular weight is 318 g/mol. The van der Waals surface area contributed by atoms with Gasteiger partial charge in [-0.25, -0.2) is 0 Å². The second kappa shape index (κ2) is 5.22. The van der Waals surface area contributed by atoms with Crippen molar-refractivity contribution in [2.24, 2.45) is 0 Å². The van der Waals surface area contributed by atoms with E-state index in [-0.39, 0.29) is 0 Å². The monoisotopic (exact) mass is 318 g/mol. The molecule has 1 aliphatic heterocycles. The van der Waals surface area contributed by atoms with Gasteiger partial charge >= 0.3 is 0 Å². The van der Waals surface area contributed by atoms with Crippen molar-refractivity contribution in [3.05, 3.63) is 89.0 Å². The summed E-state index contributed by atoms with van der Waals surface area (Å²) in [6.45, 7) is 4.12. The van der Waals surface area contributed by atoms with Crippen LogP contribution in [0.3, 0.4) is 0 Å². The van der Waals surface area contributed by atoms with E-state index in [2.05, 4.69) is 50.2 Å². The minimum Gasteiger partial charge on any atom is -0.309 e. The minimum atomic E-state index is -2.84. The van der Waals surface area contributed by atoms with Crippen molar-refractivity contribution in [3.63, 3.8) is 0 Å². The molecule has 0 N–H and O–H groups in total. The molecule has 0 radical (unpaired) electrons. The Labute approximate surface area is 137 Å². The highest BCUT2D eigenvalue weighted by atomic mass is 31.2. The highest BCUT2D eigenvalue weighted by Crippen LogP contribution is 2.46. The zero-order valence-corrected chi connectivity index (χ0v) is 14.3. The Morgan fingerprint density at radius 2 is 1.39 bits per heavy atom. The predicted molar refractivity (Wildman–Crippen MR) is 98.1 cm³/mol. The van der Waals surface area contributed by atoms with Gasteiger partial charge in [-0.05, 0) is 48.6 Å². The van der Waals surface area contributed by atoms with Crippen LogP contribution in [0.15, 0.2) is 66.7 Å². The van der Waals surface area contributed by atoms with Crippen LogP contribution in [0, 0.1) is 13.8 Å². The molecule has 1 aliphatic rings. The normalized spacial score (nSPS) is 19.0. The number of rotatable bonds is 1. The largest absolute Gasteiger partial charge is 0.309 e. The van der Waals surface area contributed by atoms with Gasteiger partial charge in [-0.15, -0.1) is 0 Å². The van der Waals surface area contributed by atoms with Crippen LogP contribution in [0.1, 0.15) is 22.3 Å². The fraction of sp³-hybridized carbons (Fsp3) is 0.143. The van der Waals surface area contributed by atoms with Crippen LogP contribution in [-0.4, -0.2) is 0 Å².